The van der Waals surface area contributed by atoms with Crippen molar-refractivity contribution in [1.82, 2.24) is 0 Å². The number of anilines is 2. The third-order valence-electron chi connectivity index (χ3n) is 2.49. The molecule has 0 fully saturated rings. The molecule has 2 rings (SSSR count). The molecule has 0 saturated carbocycles. The van der Waals surface area contributed by atoms with Crippen LogP contribution >= 0.6 is 0 Å². The van der Waals surface area contributed by atoms with Crippen molar-refractivity contribution < 1.29 is 19.5 Å². The van der Waals surface area contributed by atoms with Crippen molar-refractivity contribution in [2.75, 3.05) is 18.0 Å². The number of para-hydroxylation sites is 2. The van der Waals surface area contributed by atoms with Gasteiger partial charge in [0.05, 0.1) is 0 Å². The van der Waals surface area contributed by atoms with Crippen molar-refractivity contribution in [3.63, 3.8) is 0 Å². The molecule has 2 aromatic rings. The van der Waals surface area contributed by atoms with Crippen LogP contribution < -0.4 is 10.6 Å². The zero-order valence-electron chi connectivity index (χ0n) is 9.57. The zero-order chi connectivity index (χ0) is 11.2. The molecule has 2 aromatic carbocycles. The topological polar surface area (TPSA) is 29.3 Å². The summed E-state index contributed by atoms with van der Waals surface area (Å²) in [5.74, 6) is 0. The first-order chi connectivity index (χ1) is 7.92. The van der Waals surface area contributed by atoms with E-state index >= 15 is 0 Å². The summed E-state index contributed by atoms with van der Waals surface area (Å²) in [5, 5.41) is 0. The molecule has 0 atom stereocenters. The van der Waals surface area contributed by atoms with Crippen LogP contribution in [0, 0.1) is 0 Å². The summed E-state index contributed by atoms with van der Waals surface area (Å²) >= 11 is 0. The maximum Gasteiger partial charge on any atom is 0.0411 e. The molecule has 2 N–H and O–H groups in total. The Labute approximate surface area is 115 Å². The molecule has 3 heteroatoms. The Morgan fingerprint density at radius 1 is 0.765 bits per heavy atom. The fourth-order valence-corrected chi connectivity index (χ4v) is 1.75. The van der Waals surface area contributed by atoms with Crippen LogP contribution in [0.25, 0.3) is 0 Å². The largest absolute Gasteiger partial charge is 0.340 e. The van der Waals surface area contributed by atoms with Crippen molar-refractivity contribution in [2.24, 2.45) is 5.73 Å². The second-order valence-corrected chi connectivity index (χ2v) is 3.61. The molecule has 0 aliphatic carbocycles. The third kappa shape index (κ3) is 3.66. The van der Waals surface area contributed by atoms with Gasteiger partial charge in [0, 0.05) is 43.9 Å². The molecule has 0 unspecified atom stereocenters. The van der Waals surface area contributed by atoms with Crippen LogP contribution in [0.5, 0.6) is 0 Å². The smallest absolute Gasteiger partial charge is 0.0411 e. The van der Waals surface area contributed by atoms with Crippen molar-refractivity contribution in [3.8, 4) is 0 Å². The van der Waals surface area contributed by atoms with E-state index in [1.54, 1.807) is 0 Å². The number of rotatable bonds is 4. The summed E-state index contributed by atoms with van der Waals surface area (Å²) in [5.41, 5.74) is 8.02. The van der Waals surface area contributed by atoms with Crippen molar-refractivity contribution in [2.45, 2.75) is 0 Å². The predicted octanol–water partition coefficient (Wildman–Crippen LogP) is 2.78. The Morgan fingerprint density at radius 3 is 1.53 bits per heavy atom. The standard InChI is InChI=1S/C14H16N2.Ru/c15-11-12-16(13-7-3-1-4-8-13)14-9-5-2-6-10-14;/h1-10H,11-12,15H2;. The third-order valence-corrected chi connectivity index (χ3v) is 2.49. The number of hydrogen-bond acceptors (Lipinski definition) is 2. The van der Waals surface area contributed by atoms with E-state index in [0.717, 1.165) is 6.54 Å². The maximum absolute atomic E-state index is 5.66. The summed E-state index contributed by atoms with van der Waals surface area (Å²) in [6.45, 7) is 1.47. The van der Waals surface area contributed by atoms with Gasteiger partial charge in [-0.1, -0.05) is 36.4 Å². The number of nitrogens with two attached hydrogens (primary N) is 1. The van der Waals surface area contributed by atoms with E-state index in [-0.39, 0.29) is 19.5 Å². The summed E-state index contributed by atoms with van der Waals surface area (Å²) in [7, 11) is 0. The Kier molecular flexibility index (Phi) is 5.89. The summed E-state index contributed by atoms with van der Waals surface area (Å²) in [4.78, 5) is 2.22. The van der Waals surface area contributed by atoms with E-state index in [1.165, 1.54) is 11.4 Å². The van der Waals surface area contributed by atoms with Gasteiger partial charge >= 0.3 is 0 Å². The molecular weight excluding hydrogens is 297 g/mol. The minimum atomic E-state index is 0. The quantitative estimate of drug-likeness (QED) is 0.880. The van der Waals surface area contributed by atoms with Crippen molar-refractivity contribution >= 4 is 11.4 Å². The first-order valence-corrected chi connectivity index (χ1v) is 5.49. The van der Waals surface area contributed by atoms with Crippen LogP contribution in [0.2, 0.25) is 0 Å². The number of benzene rings is 2. The number of nitrogens with zero attached hydrogens (tertiary/aromatic N) is 1. The molecule has 2 nitrogen and oxygen atoms in total. The Balaban J connectivity index is 0.00000144. The van der Waals surface area contributed by atoms with Gasteiger partial charge in [-0.25, -0.2) is 0 Å². The van der Waals surface area contributed by atoms with Gasteiger partial charge in [0.25, 0.3) is 0 Å². The molecule has 0 aromatic heterocycles. The van der Waals surface area contributed by atoms with Gasteiger partial charge in [-0.3, -0.25) is 0 Å². The van der Waals surface area contributed by atoms with Crippen molar-refractivity contribution in [3.05, 3.63) is 60.7 Å². The SMILES string of the molecule is NCCN(c1ccccc1)c1ccccc1.[Ru]. The van der Waals surface area contributed by atoms with Crippen LogP contribution in [0.4, 0.5) is 11.4 Å². The van der Waals surface area contributed by atoms with Gasteiger partial charge < -0.3 is 10.6 Å². The van der Waals surface area contributed by atoms with E-state index in [1.807, 2.05) is 36.4 Å². The minimum Gasteiger partial charge on any atom is -0.340 e. The molecular formula is C14H16N2Ru. The summed E-state index contributed by atoms with van der Waals surface area (Å²) in [6.07, 6.45) is 0. The fourth-order valence-electron chi connectivity index (χ4n) is 1.75. The van der Waals surface area contributed by atoms with Gasteiger partial charge in [0.15, 0.2) is 0 Å². The molecule has 0 heterocycles. The zero-order valence-corrected chi connectivity index (χ0v) is 11.3. The monoisotopic (exact) mass is 314 g/mol. The predicted molar refractivity (Wildman–Crippen MR) is 68.9 cm³/mol. The van der Waals surface area contributed by atoms with Crippen LogP contribution in [0.15, 0.2) is 60.7 Å². The Morgan fingerprint density at radius 2 is 1.18 bits per heavy atom. The molecule has 0 saturated heterocycles. The van der Waals surface area contributed by atoms with E-state index < -0.39 is 0 Å². The second kappa shape index (κ2) is 7.21. The first kappa shape index (κ1) is 13.9. The van der Waals surface area contributed by atoms with E-state index in [0.29, 0.717) is 6.54 Å². The molecule has 90 valence electrons. The molecule has 0 aliphatic heterocycles. The van der Waals surface area contributed by atoms with Crippen LogP contribution in [-0.2, 0) is 19.5 Å². The first-order valence-electron chi connectivity index (χ1n) is 5.49. The van der Waals surface area contributed by atoms with Gasteiger partial charge in [-0.2, -0.15) is 0 Å². The normalized spacial score (nSPS) is 9.47. The van der Waals surface area contributed by atoms with Gasteiger partial charge in [0.2, 0.25) is 0 Å². The molecule has 0 radical (unpaired) electrons. The number of hydrogen-bond donors (Lipinski definition) is 1. The summed E-state index contributed by atoms with van der Waals surface area (Å²) in [6, 6.07) is 20.6. The molecule has 0 amide bonds. The van der Waals surface area contributed by atoms with Gasteiger partial charge in [-0.15, -0.1) is 0 Å². The fraction of sp³-hybridized carbons (Fsp3) is 0.143. The summed E-state index contributed by atoms with van der Waals surface area (Å²) < 4.78 is 0. The van der Waals surface area contributed by atoms with Crippen LogP contribution in [0.1, 0.15) is 0 Å². The van der Waals surface area contributed by atoms with E-state index in [9.17, 15) is 0 Å². The van der Waals surface area contributed by atoms with Gasteiger partial charge in [-0.05, 0) is 24.3 Å². The Hall–Kier alpha value is -1.18. The molecule has 0 bridgehead atoms. The maximum atomic E-state index is 5.66. The average molecular weight is 313 g/mol. The van der Waals surface area contributed by atoms with Crippen LogP contribution in [-0.4, -0.2) is 13.1 Å². The minimum absolute atomic E-state index is 0. The second-order valence-electron chi connectivity index (χ2n) is 3.61. The molecule has 0 aliphatic rings. The van der Waals surface area contributed by atoms with E-state index in [4.69, 9.17) is 5.73 Å². The average Bonchev–Trinajstić information content (AvgIpc) is 2.38. The molecule has 17 heavy (non-hydrogen) atoms. The van der Waals surface area contributed by atoms with E-state index in [2.05, 4.69) is 29.2 Å². The van der Waals surface area contributed by atoms with Crippen molar-refractivity contribution in [1.29, 1.82) is 0 Å². The van der Waals surface area contributed by atoms with Gasteiger partial charge in [0.1, 0.15) is 0 Å². The Bertz CT molecular complexity index is 377. The van der Waals surface area contributed by atoms with Crippen LogP contribution in [0.3, 0.4) is 0 Å². The molecule has 0 spiro atoms.